The molecule has 5 heteroatoms. The fraction of sp³-hybridized carbons (Fsp3) is 0.0667. The fourth-order valence-electron chi connectivity index (χ4n) is 1.74. The Kier molecular flexibility index (Phi) is 4.35. The van der Waals surface area contributed by atoms with Crippen LogP contribution in [-0.2, 0) is 5.75 Å². The molecule has 0 N–H and O–H groups in total. The maximum absolute atomic E-state index is 5.98. The van der Waals surface area contributed by atoms with Crippen molar-refractivity contribution in [2.24, 2.45) is 0 Å². The smallest absolute Gasteiger partial charge is 0.137 e. The van der Waals surface area contributed by atoms with Gasteiger partial charge in [0, 0.05) is 16.3 Å². The van der Waals surface area contributed by atoms with Gasteiger partial charge in [0.15, 0.2) is 4.34 Å². The number of thioether (sulfide) groups is 1. The van der Waals surface area contributed by atoms with Gasteiger partial charge >= 0.3 is 0 Å². The van der Waals surface area contributed by atoms with Crippen LogP contribution >= 0.6 is 34.7 Å². The summed E-state index contributed by atoms with van der Waals surface area (Å²) in [4.78, 5) is 0. The number of benzene rings is 2. The van der Waals surface area contributed by atoms with Crippen LogP contribution in [0.3, 0.4) is 0 Å². The molecule has 2 nitrogen and oxygen atoms in total. The van der Waals surface area contributed by atoms with Crippen molar-refractivity contribution in [2.75, 3.05) is 0 Å². The monoisotopic (exact) mass is 318 g/mol. The van der Waals surface area contributed by atoms with E-state index in [9.17, 15) is 0 Å². The van der Waals surface area contributed by atoms with Crippen molar-refractivity contribution in [3.8, 4) is 10.6 Å². The Balaban J connectivity index is 1.69. The van der Waals surface area contributed by atoms with Crippen molar-refractivity contribution in [2.45, 2.75) is 10.1 Å². The number of rotatable bonds is 4. The van der Waals surface area contributed by atoms with E-state index in [0.29, 0.717) is 0 Å². The number of hydrogen-bond donors (Lipinski definition) is 0. The molecule has 1 aromatic heterocycles. The minimum Gasteiger partial charge on any atom is -0.137 e. The molecule has 0 bridgehead atoms. The molecule has 3 aromatic rings. The van der Waals surface area contributed by atoms with E-state index >= 15 is 0 Å². The lowest BCUT2D eigenvalue weighted by Gasteiger charge is -1.98. The molecular formula is C15H11ClN2S2. The molecule has 0 unspecified atom stereocenters. The van der Waals surface area contributed by atoms with Crippen LogP contribution in [0.25, 0.3) is 10.6 Å². The summed E-state index contributed by atoms with van der Waals surface area (Å²) in [5.41, 5.74) is 2.30. The van der Waals surface area contributed by atoms with Gasteiger partial charge in [0.05, 0.1) is 0 Å². The first-order valence-corrected chi connectivity index (χ1v) is 8.25. The highest BCUT2D eigenvalue weighted by atomic mass is 35.5. The highest BCUT2D eigenvalue weighted by Gasteiger charge is 2.07. The normalized spacial score (nSPS) is 10.7. The molecule has 0 saturated carbocycles. The highest BCUT2D eigenvalue weighted by Crippen LogP contribution is 2.31. The first-order chi connectivity index (χ1) is 9.81. The standard InChI is InChI=1S/C15H11ClN2S2/c16-13-8-4-5-11(9-13)10-19-15-18-17-14(20-15)12-6-2-1-3-7-12/h1-9H,10H2. The van der Waals surface area contributed by atoms with Crippen LogP contribution in [0.5, 0.6) is 0 Å². The van der Waals surface area contributed by atoms with Gasteiger partial charge in [-0.2, -0.15) is 0 Å². The lowest BCUT2D eigenvalue weighted by molar-refractivity contribution is 1.01. The van der Waals surface area contributed by atoms with Gasteiger partial charge < -0.3 is 0 Å². The lowest BCUT2D eigenvalue weighted by atomic mass is 10.2. The summed E-state index contributed by atoms with van der Waals surface area (Å²) in [5.74, 6) is 0.851. The molecule has 0 saturated heterocycles. The zero-order chi connectivity index (χ0) is 13.8. The lowest BCUT2D eigenvalue weighted by Crippen LogP contribution is -1.79. The van der Waals surface area contributed by atoms with E-state index in [2.05, 4.69) is 16.3 Å². The third-order valence-corrected chi connectivity index (χ3v) is 5.09. The topological polar surface area (TPSA) is 25.8 Å². The van der Waals surface area contributed by atoms with Crippen LogP contribution in [0.4, 0.5) is 0 Å². The predicted octanol–water partition coefficient (Wildman–Crippen LogP) is 5.15. The maximum Gasteiger partial charge on any atom is 0.174 e. The first-order valence-electron chi connectivity index (χ1n) is 6.07. The molecule has 20 heavy (non-hydrogen) atoms. The van der Waals surface area contributed by atoms with Crippen LogP contribution in [0.15, 0.2) is 58.9 Å². The van der Waals surface area contributed by atoms with Crippen molar-refractivity contribution >= 4 is 34.7 Å². The van der Waals surface area contributed by atoms with Crippen LogP contribution < -0.4 is 0 Å². The van der Waals surface area contributed by atoms with Crippen molar-refractivity contribution in [1.82, 2.24) is 10.2 Å². The Labute approximate surface area is 130 Å². The van der Waals surface area contributed by atoms with E-state index in [0.717, 1.165) is 25.7 Å². The van der Waals surface area contributed by atoms with Crippen molar-refractivity contribution in [3.63, 3.8) is 0 Å². The molecule has 0 atom stereocenters. The third-order valence-electron chi connectivity index (χ3n) is 2.68. The van der Waals surface area contributed by atoms with Crippen molar-refractivity contribution < 1.29 is 0 Å². The van der Waals surface area contributed by atoms with Crippen LogP contribution in [0.1, 0.15) is 5.56 Å². The average molecular weight is 319 g/mol. The van der Waals surface area contributed by atoms with Crippen LogP contribution in [0.2, 0.25) is 5.02 Å². The minimum atomic E-state index is 0.769. The average Bonchev–Trinajstić information content (AvgIpc) is 2.95. The SMILES string of the molecule is Clc1cccc(CSc2nnc(-c3ccccc3)s2)c1. The summed E-state index contributed by atoms with van der Waals surface area (Å²) in [5, 5.41) is 10.2. The first kappa shape index (κ1) is 13.6. The second kappa shape index (κ2) is 6.39. The van der Waals surface area contributed by atoms with Gasteiger partial charge in [-0.05, 0) is 17.7 Å². The zero-order valence-electron chi connectivity index (χ0n) is 10.5. The van der Waals surface area contributed by atoms with Crippen LogP contribution in [0, 0.1) is 0 Å². The number of aromatic nitrogens is 2. The van der Waals surface area contributed by atoms with Gasteiger partial charge in [-0.1, -0.05) is 77.2 Å². The molecule has 0 spiro atoms. The van der Waals surface area contributed by atoms with Gasteiger partial charge in [0.25, 0.3) is 0 Å². The Hall–Kier alpha value is -1.36. The molecular weight excluding hydrogens is 308 g/mol. The molecule has 0 radical (unpaired) electrons. The van der Waals surface area contributed by atoms with Crippen molar-refractivity contribution in [1.29, 1.82) is 0 Å². The quantitative estimate of drug-likeness (QED) is 0.622. The summed E-state index contributed by atoms with van der Waals surface area (Å²) in [6.45, 7) is 0. The van der Waals surface area contributed by atoms with Crippen LogP contribution in [-0.4, -0.2) is 10.2 Å². The molecule has 100 valence electrons. The Morgan fingerprint density at radius 1 is 1.00 bits per heavy atom. The summed E-state index contributed by atoms with van der Waals surface area (Å²) in [7, 11) is 0. The van der Waals surface area contributed by atoms with Gasteiger partial charge in [-0.15, -0.1) is 10.2 Å². The second-order valence-corrected chi connectivity index (χ2v) is 6.79. The Bertz CT molecular complexity index is 698. The number of nitrogens with zero attached hydrogens (tertiary/aromatic N) is 2. The van der Waals surface area contributed by atoms with E-state index in [1.165, 1.54) is 5.56 Å². The summed E-state index contributed by atoms with van der Waals surface area (Å²) in [6, 6.07) is 18.0. The molecule has 0 fully saturated rings. The molecule has 0 aliphatic carbocycles. The van der Waals surface area contributed by atoms with E-state index in [1.54, 1.807) is 23.1 Å². The minimum absolute atomic E-state index is 0.769. The van der Waals surface area contributed by atoms with E-state index in [4.69, 9.17) is 11.6 Å². The summed E-state index contributed by atoms with van der Waals surface area (Å²) in [6.07, 6.45) is 0. The maximum atomic E-state index is 5.98. The van der Waals surface area contributed by atoms with Crippen molar-refractivity contribution in [3.05, 3.63) is 65.2 Å². The molecule has 0 aliphatic heterocycles. The molecule has 3 rings (SSSR count). The van der Waals surface area contributed by atoms with E-state index in [1.807, 2.05) is 48.5 Å². The summed E-state index contributed by atoms with van der Waals surface area (Å²) < 4.78 is 0.976. The summed E-state index contributed by atoms with van der Waals surface area (Å²) >= 11 is 9.28. The van der Waals surface area contributed by atoms with Gasteiger partial charge in [0.2, 0.25) is 0 Å². The predicted molar refractivity (Wildman–Crippen MR) is 86.4 cm³/mol. The molecule has 0 aliphatic rings. The molecule has 2 aromatic carbocycles. The highest BCUT2D eigenvalue weighted by molar-refractivity contribution is 8.00. The van der Waals surface area contributed by atoms with E-state index < -0.39 is 0 Å². The van der Waals surface area contributed by atoms with Gasteiger partial charge in [0.1, 0.15) is 5.01 Å². The Morgan fingerprint density at radius 3 is 2.65 bits per heavy atom. The number of hydrogen-bond acceptors (Lipinski definition) is 4. The number of halogens is 1. The molecule has 1 heterocycles. The zero-order valence-corrected chi connectivity index (χ0v) is 12.9. The largest absolute Gasteiger partial charge is 0.174 e. The second-order valence-electron chi connectivity index (χ2n) is 4.16. The Morgan fingerprint density at radius 2 is 1.85 bits per heavy atom. The molecule has 0 amide bonds. The fourth-order valence-corrected chi connectivity index (χ4v) is 3.75. The van der Waals surface area contributed by atoms with E-state index in [-0.39, 0.29) is 0 Å². The third kappa shape index (κ3) is 3.39. The van der Waals surface area contributed by atoms with Gasteiger partial charge in [-0.3, -0.25) is 0 Å². The van der Waals surface area contributed by atoms with Gasteiger partial charge in [-0.25, -0.2) is 0 Å².